The maximum Gasteiger partial charge on any atom is 0.305 e. The predicted molar refractivity (Wildman–Crippen MR) is 125 cm³/mol. The third kappa shape index (κ3) is 5.04. The van der Waals surface area contributed by atoms with Crippen LogP contribution in [0.1, 0.15) is 60.9 Å². The van der Waals surface area contributed by atoms with Gasteiger partial charge in [-0.3, -0.25) is 14.6 Å². The van der Waals surface area contributed by atoms with Crippen molar-refractivity contribution in [2.75, 3.05) is 20.2 Å². The molecule has 1 aromatic heterocycles. The summed E-state index contributed by atoms with van der Waals surface area (Å²) < 4.78 is 4.66. The van der Waals surface area contributed by atoms with Crippen LogP contribution in [0.4, 0.5) is 0 Å². The lowest BCUT2D eigenvalue weighted by Crippen LogP contribution is -2.36. The van der Waals surface area contributed by atoms with Gasteiger partial charge >= 0.3 is 5.97 Å². The highest BCUT2D eigenvalue weighted by molar-refractivity contribution is 6.30. The van der Waals surface area contributed by atoms with Crippen LogP contribution in [-0.2, 0) is 27.2 Å². The van der Waals surface area contributed by atoms with E-state index in [4.69, 9.17) is 16.6 Å². The van der Waals surface area contributed by atoms with Gasteiger partial charge in [0.05, 0.1) is 12.8 Å². The van der Waals surface area contributed by atoms with Gasteiger partial charge in [0, 0.05) is 42.7 Å². The Bertz CT molecular complexity index is 1040. The number of hydrogen-bond donors (Lipinski definition) is 0. The van der Waals surface area contributed by atoms with Crippen molar-refractivity contribution >= 4 is 29.1 Å². The van der Waals surface area contributed by atoms with E-state index in [1.165, 1.54) is 34.9 Å². The molecule has 6 heteroatoms. The first-order valence-electron chi connectivity index (χ1n) is 11.4. The van der Waals surface area contributed by atoms with Gasteiger partial charge in [-0.05, 0) is 73.4 Å². The summed E-state index contributed by atoms with van der Waals surface area (Å²) in [5, 5.41) is 0.764. The molecule has 2 heterocycles. The number of ether oxygens (including phenoxy) is 1. The van der Waals surface area contributed by atoms with Crippen LogP contribution in [-0.4, -0.2) is 42.0 Å². The van der Waals surface area contributed by atoms with Gasteiger partial charge in [-0.1, -0.05) is 29.3 Å². The van der Waals surface area contributed by atoms with Crippen LogP contribution in [0.5, 0.6) is 0 Å². The second-order valence-corrected chi connectivity index (χ2v) is 8.89. The average molecular weight is 453 g/mol. The molecule has 2 aromatic rings. The molecule has 0 unspecified atom stereocenters. The predicted octanol–water partition coefficient (Wildman–Crippen LogP) is 4.99. The molecule has 1 aliphatic heterocycles. The van der Waals surface area contributed by atoms with E-state index < -0.39 is 0 Å². The number of hydrogen-bond acceptors (Lipinski definition) is 4. The average Bonchev–Trinajstić information content (AvgIpc) is 2.98. The number of methoxy groups -OCH3 is 1. The summed E-state index contributed by atoms with van der Waals surface area (Å²) >= 11 is 6.30. The zero-order chi connectivity index (χ0) is 22.5. The van der Waals surface area contributed by atoms with E-state index in [0.717, 1.165) is 49.5 Å². The number of carbonyl (C=O) groups is 2. The van der Waals surface area contributed by atoms with E-state index >= 15 is 0 Å². The van der Waals surface area contributed by atoms with Crippen molar-refractivity contribution in [3.8, 4) is 0 Å². The van der Waals surface area contributed by atoms with Crippen LogP contribution in [0.2, 0.25) is 5.02 Å². The van der Waals surface area contributed by atoms with E-state index in [2.05, 4.69) is 22.9 Å². The third-order valence-electron chi connectivity index (χ3n) is 6.45. The van der Waals surface area contributed by atoms with Crippen molar-refractivity contribution in [2.45, 2.75) is 51.4 Å². The van der Waals surface area contributed by atoms with Gasteiger partial charge in [0.15, 0.2) is 0 Å². The molecular weight excluding hydrogens is 424 g/mol. The van der Waals surface area contributed by atoms with Gasteiger partial charge in [0.25, 0.3) is 0 Å². The number of aryl methyl sites for hydroxylation is 2. The standard InChI is InChI=1S/C26H29ClN2O3/c1-32-24(31)7-3-2-6-23(30)29-15-12-18(13-16-29)25-22-11-10-21(27)17-20(22)9-8-19-5-4-14-28-26(19)25/h4-5,10-11,14,17H,2-3,6-9,12-13,15-16H2,1H3. The van der Waals surface area contributed by atoms with E-state index in [1.807, 2.05) is 23.2 Å². The summed E-state index contributed by atoms with van der Waals surface area (Å²) in [6, 6.07) is 10.3. The molecule has 1 amide bonds. The molecule has 168 valence electrons. The molecule has 0 N–H and O–H groups in total. The lowest BCUT2D eigenvalue weighted by molar-refractivity contribution is -0.141. The Hall–Kier alpha value is -2.66. The molecule has 2 aliphatic rings. The maximum atomic E-state index is 12.7. The number of rotatable bonds is 5. The van der Waals surface area contributed by atoms with E-state index in [-0.39, 0.29) is 11.9 Å². The number of aromatic nitrogens is 1. The SMILES string of the molecule is COC(=O)CCCCC(=O)N1CCC(=C2c3ccc(Cl)cc3CCc3cccnc32)CC1. The maximum absolute atomic E-state index is 12.7. The number of unbranched alkanes of at least 4 members (excludes halogenated alkanes) is 1. The van der Waals surface area contributed by atoms with Crippen LogP contribution in [0, 0.1) is 0 Å². The van der Waals surface area contributed by atoms with Crippen LogP contribution in [0.25, 0.3) is 5.57 Å². The summed E-state index contributed by atoms with van der Waals surface area (Å²) in [5.41, 5.74) is 7.43. The topological polar surface area (TPSA) is 59.5 Å². The summed E-state index contributed by atoms with van der Waals surface area (Å²) in [7, 11) is 1.39. The Morgan fingerprint density at radius 2 is 1.78 bits per heavy atom. The van der Waals surface area contributed by atoms with Crippen molar-refractivity contribution < 1.29 is 14.3 Å². The lowest BCUT2D eigenvalue weighted by Gasteiger charge is -2.30. The molecule has 1 fully saturated rings. The molecule has 0 bridgehead atoms. The fraction of sp³-hybridized carbons (Fsp3) is 0.423. The highest BCUT2D eigenvalue weighted by atomic mass is 35.5. The Morgan fingerprint density at radius 1 is 1.03 bits per heavy atom. The number of esters is 1. The number of benzene rings is 1. The van der Waals surface area contributed by atoms with Crippen molar-refractivity contribution in [3.63, 3.8) is 0 Å². The molecule has 32 heavy (non-hydrogen) atoms. The van der Waals surface area contributed by atoms with Gasteiger partial charge in [0.1, 0.15) is 0 Å². The van der Waals surface area contributed by atoms with Crippen molar-refractivity contribution in [2.24, 2.45) is 0 Å². The largest absolute Gasteiger partial charge is 0.469 e. The van der Waals surface area contributed by atoms with Gasteiger partial charge in [-0.15, -0.1) is 0 Å². The quantitative estimate of drug-likeness (QED) is 0.473. The number of carbonyl (C=O) groups excluding carboxylic acids is 2. The molecule has 1 aromatic carbocycles. The molecular formula is C26H29ClN2O3. The number of piperidine rings is 1. The molecule has 1 aliphatic carbocycles. The molecule has 0 radical (unpaired) electrons. The Morgan fingerprint density at radius 3 is 2.56 bits per heavy atom. The minimum atomic E-state index is -0.217. The fourth-order valence-electron chi connectivity index (χ4n) is 4.72. The van der Waals surface area contributed by atoms with Gasteiger partial charge in [-0.2, -0.15) is 0 Å². The van der Waals surface area contributed by atoms with Gasteiger partial charge < -0.3 is 9.64 Å². The second kappa shape index (κ2) is 10.3. The van der Waals surface area contributed by atoms with Gasteiger partial charge in [0.2, 0.25) is 5.91 Å². The Kier molecular flexibility index (Phi) is 7.26. The van der Waals surface area contributed by atoms with Crippen molar-refractivity contribution in [1.82, 2.24) is 9.88 Å². The first kappa shape index (κ1) is 22.5. The van der Waals surface area contributed by atoms with Crippen LogP contribution in [0.3, 0.4) is 0 Å². The molecule has 1 saturated heterocycles. The summed E-state index contributed by atoms with van der Waals surface area (Å²) in [4.78, 5) is 30.6. The second-order valence-electron chi connectivity index (χ2n) is 8.46. The first-order valence-corrected chi connectivity index (χ1v) is 11.7. The minimum absolute atomic E-state index is 0.172. The van der Waals surface area contributed by atoms with Crippen LogP contribution < -0.4 is 0 Å². The highest BCUT2D eigenvalue weighted by Crippen LogP contribution is 2.38. The number of pyridine rings is 1. The normalized spacial score (nSPS) is 15.6. The Balaban J connectivity index is 1.50. The third-order valence-corrected chi connectivity index (χ3v) is 6.69. The number of halogens is 1. The first-order chi connectivity index (χ1) is 15.6. The molecule has 5 nitrogen and oxygen atoms in total. The zero-order valence-corrected chi connectivity index (χ0v) is 19.3. The number of fused-ring (bicyclic) bond motifs is 2. The summed E-state index contributed by atoms with van der Waals surface area (Å²) in [5.74, 6) is -0.0453. The molecule has 0 saturated carbocycles. The Labute approximate surface area is 194 Å². The summed E-state index contributed by atoms with van der Waals surface area (Å²) in [6.45, 7) is 1.44. The van der Waals surface area contributed by atoms with E-state index in [9.17, 15) is 9.59 Å². The van der Waals surface area contributed by atoms with Crippen molar-refractivity contribution in [1.29, 1.82) is 0 Å². The molecule has 4 rings (SSSR count). The zero-order valence-electron chi connectivity index (χ0n) is 18.5. The van der Waals surface area contributed by atoms with Gasteiger partial charge in [-0.25, -0.2) is 0 Å². The highest BCUT2D eigenvalue weighted by Gasteiger charge is 2.26. The van der Waals surface area contributed by atoms with E-state index in [0.29, 0.717) is 25.7 Å². The monoisotopic (exact) mass is 452 g/mol. The number of nitrogens with zero attached hydrogens (tertiary/aromatic N) is 2. The van der Waals surface area contributed by atoms with Crippen LogP contribution in [0.15, 0.2) is 42.1 Å². The van der Waals surface area contributed by atoms with Crippen molar-refractivity contribution in [3.05, 3.63) is 69.5 Å². The minimum Gasteiger partial charge on any atom is -0.469 e. The fourth-order valence-corrected chi connectivity index (χ4v) is 4.91. The number of likely N-dealkylation sites (tertiary alicyclic amines) is 1. The van der Waals surface area contributed by atoms with Crippen LogP contribution >= 0.6 is 11.6 Å². The molecule has 0 spiro atoms. The summed E-state index contributed by atoms with van der Waals surface area (Å²) in [6.07, 6.45) is 7.71. The number of amides is 1. The molecule has 0 atom stereocenters. The smallest absolute Gasteiger partial charge is 0.305 e. The lowest BCUT2D eigenvalue weighted by atomic mass is 9.88. The van der Waals surface area contributed by atoms with E-state index in [1.54, 1.807) is 0 Å².